The molecule has 1 aliphatic rings. The van der Waals surface area contributed by atoms with Crippen molar-refractivity contribution in [2.45, 2.75) is 37.8 Å². The molecule has 11 heteroatoms. The second kappa shape index (κ2) is 9.45. The molecule has 1 aliphatic heterocycles. The summed E-state index contributed by atoms with van der Waals surface area (Å²) in [6.07, 6.45) is 2.48. The molecule has 0 bridgehead atoms. The van der Waals surface area contributed by atoms with Gasteiger partial charge in [0.25, 0.3) is 15.9 Å². The summed E-state index contributed by atoms with van der Waals surface area (Å²) >= 11 is 0. The normalized spacial score (nSPS) is 17.2. The van der Waals surface area contributed by atoms with E-state index < -0.39 is 32.6 Å². The molecule has 1 atom stereocenters. The highest BCUT2D eigenvalue weighted by atomic mass is 32.2. The zero-order valence-electron chi connectivity index (χ0n) is 20.4. The first kappa shape index (κ1) is 25.5. The highest BCUT2D eigenvalue weighted by Crippen LogP contribution is 2.38. The van der Waals surface area contributed by atoms with E-state index in [1.165, 1.54) is 48.3 Å². The van der Waals surface area contributed by atoms with Crippen molar-refractivity contribution in [1.82, 2.24) is 14.7 Å². The molecule has 1 amide bonds. The average molecular weight is 516 g/mol. The highest BCUT2D eigenvalue weighted by Gasteiger charge is 2.40. The molecule has 8 nitrogen and oxygen atoms in total. The average Bonchev–Trinajstić information content (AvgIpc) is 3.12. The lowest BCUT2D eigenvalue weighted by Crippen LogP contribution is -2.43. The molecule has 190 valence electrons. The molecule has 0 saturated carbocycles. The van der Waals surface area contributed by atoms with Crippen molar-refractivity contribution < 1.29 is 22.0 Å². The van der Waals surface area contributed by atoms with Gasteiger partial charge in [0.2, 0.25) is 0 Å². The Labute approximate surface area is 209 Å². The molecule has 1 saturated heterocycles. The lowest BCUT2D eigenvalue weighted by molar-refractivity contribution is 0.0981. The minimum atomic E-state index is -4.40. The Morgan fingerprint density at radius 3 is 2.56 bits per heavy atom. The number of aromatic nitrogens is 2. The van der Waals surface area contributed by atoms with E-state index >= 15 is 0 Å². The van der Waals surface area contributed by atoms with Crippen LogP contribution in [0.1, 0.15) is 37.6 Å². The number of carbonyl (C=O) groups excluding carboxylic acids is 1. The van der Waals surface area contributed by atoms with Gasteiger partial charge in [0, 0.05) is 25.3 Å². The van der Waals surface area contributed by atoms with Crippen LogP contribution in [0.4, 0.5) is 26.1 Å². The molecule has 1 fully saturated rings. The number of hydrogen-bond donors (Lipinski definition) is 1. The molecule has 3 heterocycles. The number of anilines is 3. The van der Waals surface area contributed by atoms with E-state index in [4.69, 9.17) is 0 Å². The summed E-state index contributed by atoms with van der Waals surface area (Å²) in [6.45, 7) is 6.93. The number of nitrogens with zero attached hydrogens (tertiary/aromatic N) is 4. The Kier molecular flexibility index (Phi) is 6.70. The van der Waals surface area contributed by atoms with E-state index in [2.05, 4.69) is 35.5 Å². The Morgan fingerprint density at radius 1 is 1.14 bits per heavy atom. The molecule has 1 N–H and O–H groups in total. The monoisotopic (exact) mass is 515 g/mol. The molecule has 3 aromatic rings. The SMILES string of the molecule is CC1CCN(c2ncccc2C(=O)NS(=O)(=O)c2cccc(N(C)c3cccc(F)c3F)n2)C1(C)C. The number of pyridine rings is 2. The molecule has 0 spiro atoms. The lowest BCUT2D eigenvalue weighted by atomic mass is 9.90. The largest absolute Gasteiger partial charge is 0.351 e. The number of sulfonamides is 1. The molecule has 0 aliphatic carbocycles. The number of halogens is 2. The predicted molar refractivity (Wildman–Crippen MR) is 133 cm³/mol. The van der Waals surface area contributed by atoms with Gasteiger partial charge in [-0.15, -0.1) is 0 Å². The lowest BCUT2D eigenvalue weighted by Gasteiger charge is -2.36. The van der Waals surface area contributed by atoms with Crippen LogP contribution in [0.2, 0.25) is 0 Å². The third-order valence-corrected chi connectivity index (χ3v) is 8.05. The van der Waals surface area contributed by atoms with Gasteiger partial charge in [-0.05, 0) is 62.6 Å². The number of carbonyl (C=O) groups is 1. The number of amides is 1. The first-order valence-electron chi connectivity index (χ1n) is 11.4. The number of benzene rings is 1. The van der Waals surface area contributed by atoms with E-state index in [1.54, 1.807) is 12.3 Å². The maximum Gasteiger partial charge on any atom is 0.281 e. The van der Waals surface area contributed by atoms with Crippen LogP contribution in [-0.2, 0) is 10.0 Å². The molecule has 4 rings (SSSR count). The number of hydrogen-bond acceptors (Lipinski definition) is 7. The van der Waals surface area contributed by atoms with Crippen LogP contribution >= 0.6 is 0 Å². The van der Waals surface area contributed by atoms with Crippen LogP contribution in [0.5, 0.6) is 0 Å². The zero-order chi connectivity index (χ0) is 26.3. The van der Waals surface area contributed by atoms with Gasteiger partial charge in [-0.1, -0.05) is 19.1 Å². The molecular formula is C25H27F2N5O3S. The van der Waals surface area contributed by atoms with Crippen molar-refractivity contribution in [3.63, 3.8) is 0 Å². The summed E-state index contributed by atoms with van der Waals surface area (Å²) in [7, 11) is -2.97. The van der Waals surface area contributed by atoms with Gasteiger partial charge in [0.15, 0.2) is 16.7 Å². The van der Waals surface area contributed by atoms with Crippen molar-refractivity contribution in [1.29, 1.82) is 0 Å². The highest BCUT2D eigenvalue weighted by molar-refractivity contribution is 7.90. The van der Waals surface area contributed by atoms with Crippen molar-refractivity contribution in [3.05, 3.63) is 71.9 Å². The van der Waals surface area contributed by atoms with Crippen LogP contribution < -0.4 is 14.5 Å². The molecule has 1 aromatic carbocycles. The van der Waals surface area contributed by atoms with E-state index in [0.29, 0.717) is 18.3 Å². The van der Waals surface area contributed by atoms with Crippen molar-refractivity contribution in [3.8, 4) is 0 Å². The smallest absolute Gasteiger partial charge is 0.281 e. The maximum atomic E-state index is 14.2. The minimum absolute atomic E-state index is 0.0460. The molecule has 36 heavy (non-hydrogen) atoms. The second-order valence-electron chi connectivity index (χ2n) is 9.27. The van der Waals surface area contributed by atoms with Crippen molar-refractivity contribution >= 4 is 33.3 Å². The maximum absolute atomic E-state index is 14.2. The number of nitrogens with one attached hydrogen (secondary N) is 1. The quantitative estimate of drug-likeness (QED) is 0.524. The van der Waals surface area contributed by atoms with Gasteiger partial charge in [-0.3, -0.25) is 4.79 Å². The number of rotatable bonds is 6. The summed E-state index contributed by atoms with van der Waals surface area (Å²) in [6, 6.07) is 10.8. The molecule has 1 unspecified atom stereocenters. The minimum Gasteiger partial charge on any atom is -0.351 e. The van der Waals surface area contributed by atoms with Crippen LogP contribution in [0.15, 0.2) is 59.8 Å². The summed E-state index contributed by atoms with van der Waals surface area (Å²) < 4.78 is 56.1. The van der Waals surface area contributed by atoms with Gasteiger partial charge in [-0.2, -0.15) is 8.42 Å². The van der Waals surface area contributed by atoms with E-state index in [0.717, 1.165) is 12.5 Å². The fourth-order valence-electron chi connectivity index (χ4n) is 4.24. The van der Waals surface area contributed by atoms with E-state index in [9.17, 15) is 22.0 Å². The van der Waals surface area contributed by atoms with Gasteiger partial charge < -0.3 is 9.80 Å². The topological polar surface area (TPSA) is 95.5 Å². The summed E-state index contributed by atoms with van der Waals surface area (Å²) in [5, 5.41) is -0.447. The Balaban J connectivity index is 1.62. The summed E-state index contributed by atoms with van der Waals surface area (Å²) in [4.78, 5) is 24.8. The summed E-state index contributed by atoms with van der Waals surface area (Å²) in [5.41, 5.74) is -0.267. The first-order valence-corrected chi connectivity index (χ1v) is 12.9. The van der Waals surface area contributed by atoms with Gasteiger partial charge in [0.1, 0.15) is 11.6 Å². The third kappa shape index (κ3) is 4.62. The summed E-state index contributed by atoms with van der Waals surface area (Å²) in [5.74, 6) is -2.17. The molecule has 0 radical (unpaired) electrons. The van der Waals surface area contributed by atoms with Gasteiger partial charge in [0.05, 0.1) is 11.3 Å². The molecular weight excluding hydrogens is 488 g/mol. The van der Waals surface area contributed by atoms with Gasteiger partial charge >= 0.3 is 0 Å². The molecule has 2 aromatic heterocycles. The Bertz CT molecular complexity index is 1410. The third-order valence-electron chi connectivity index (χ3n) is 6.82. The van der Waals surface area contributed by atoms with Crippen LogP contribution in [0, 0.1) is 17.6 Å². The standard InChI is InChI=1S/C25H27F2N5O3S/c1-16-13-15-32(25(16,2)3)23-17(8-7-14-28-23)24(33)30-36(34,35)21-12-6-11-20(29-21)31(4)19-10-5-9-18(26)22(19)27/h5-12,14,16H,13,15H2,1-4H3,(H,30,33). The fourth-order valence-corrected chi connectivity index (χ4v) is 5.17. The van der Waals surface area contributed by atoms with Crippen LogP contribution in [-0.4, -0.2) is 43.4 Å². The van der Waals surface area contributed by atoms with Crippen molar-refractivity contribution in [2.75, 3.05) is 23.4 Å². The van der Waals surface area contributed by atoms with Gasteiger partial charge in [-0.25, -0.2) is 23.5 Å². The fraction of sp³-hybridized carbons (Fsp3) is 0.320. The van der Waals surface area contributed by atoms with E-state index in [-0.39, 0.29) is 22.6 Å². The zero-order valence-corrected chi connectivity index (χ0v) is 21.2. The van der Waals surface area contributed by atoms with Crippen LogP contribution in [0.25, 0.3) is 0 Å². The van der Waals surface area contributed by atoms with E-state index in [1.807, 2.05) is 4.90 Å². The Hall–Kier alpha value is -3.60. The first-order chi connectivity index (χ1) is 16.9. The second-order valence-corrected chi connectivity index (χ2v) is 10.9. The van der Waals surface area contributed by atoms with Crippen LogP contribution in [0.3, 0.4) is 0 Å². The Morgan fingerprint density at radius 2 is 1.86 bits per heavy atom. The van der Waals surface area contributed by atoms with Crippen molar-refractivity contribution in [2.24, 2.45) is 5.92 Å². The predicted octanol–water partition coefficient (Wildman–Crippen LogP) is 4.27.